The molecule has 0 aliphatic heterocycles. The summed E-state index contributed by atoms with van der Waals surface area (Å²) in [4.78, 5) is 24.8. The summed E-state index contributed by atoms with van der Waals surface area (Å²) in [5, 5.41) is 8.21. The van der Waals surface area contributed by atoms with Crippen LogP contribution >= 0.6 is 0 Å². The number of methoxy groups -OCH3 is 2. The average molecular weight is 264 g/mol. The molecule has 0 spiro atoms. The number of H-pyrrole nitrogens is 2. The van der Waals surface area contributed by atoms with Crippen molar-refractivity contribution in [3.05, 3.63) is 34.5 Å². The van der Waals surface area contributed by atoms with Gasteiger partial charge in [0.2, 0.25) is 5.82 Å². The van der Waals surface area contributed by atoms with E-state index in [4.69, 9.17) is 9.47 Å². The van der Waals surface area contributed by atoms with E-state index < -0.39 is 11.6 Å². The van der Waals surface area contributed by atoms with Gasteiger partial charge < -0.3 is 14.8 Å². The van der Waals surface area contributed by atoms with Crippen molar-refractivity contribution in [3.63, 3.8) is 0 Å². The number of carbonyl (C=O) groups excluding carboxylic acids is 1. The van der Waals surface area contributed by atoms with E-state index in [0.717, 1.165) is 0 Å². The van der Waals surface area contributed by atoms with Crippen LogP contribution in [0.2, 0.25) is 0 Å². The van der Waals surface area contributed by atoms with Gasteiger partial charge in [0, 0.05) is 11.8 Å². The van der Waals surface area contributed by atoms with Gasteiger partial charge in [-0.2, -0.15) is 0 Å². The molecule has 0 aliphatic carbocycles. The molecule has 1 amide bonds. The fourth-order valence-electron chi connectivity index (χ4n) is 1.48. The molecule has 1 aromatic heterocycles. The number of hydrogen-bond donors (Lipinski definition) is 3. The Hall–Kier alpha value is -2.77. The van der Waals surface area contributed by atoms with E-state index in [0.29, 0.717) is 17.2 Å². The van der Waals surface area contributed by atoms with Gasteiger partial charge in [-0.25, -0.2) is 9.89 Å². The molecule has 0 radical (unpaired) electrons. The summed E-state index contributed by atoms with van der Waals surface area (Å²) in [6, 6.07) is 4.90. The average Bonchev–Trinajstić information content (AvgIpc) is 2.85. The number of hydrogen-bond acceptors (Lipinski definition) is 5. The molecular formula is C11H12N4O4. The minimum absolute atomic E-state index is 0.0974. The summed E-state index contributed by atoms with van der Waals surface area (Å²) in [5.41, 5.74) is -0.0519. The first-order valence-corrected chi connectivity index (χ1v) is 5.32. The number of aromatic nitrogens is 3. The van der Waals surface area contributed by atoms with E-state index in [9.17, 15) is 9.59 Å². The van der Waals surface area contributed by atoms with Gasteiger partial charge in [0.05, 0.1) is 14.2 Å². The Morgan fingerprint density at radius 1 is 1.26 bits per heavy atom. The highest BCUT2D eigenvalue weighted by Crippen LogP contribution is 2.29. The molecule has 2 aromatic rings. The molecule has 100 valence electrons. The van der Waals surface area contributed by atoms with Gasteiger partial charge in [-0.1, -0.05) is 0 Å². The van der Waals surface area contributed by atoms with Gasteiger partial charge in [0.25, 0.3) is 5.91 Å². The molecule has 3 N–H and O–H groups in total. The van der Waals surface area contributed by atoms with Crippen LogP contribution in [0.3, 0.4) is 0 Å². The summed E-state index contributed by atoms with van der Waals surface area (Å²) in [5.74, 6) is 0.398. The predicted molar refractivity (Wildman–Crippen MR) is 66.7 cm³/mol. The number of ether oxygens (including phenoxy) is 2. The monoisotopic (exact) mass is 264 g/mol. The number of nitrogens with one attached hydrogen (secondary N) is 3. The number of rotatable bonds is 4. The molecule has 8 heteroatoms. The Bertz CT molecular complexity index is 646. The van der Waals surface area contributed by atoms with E-state index in [-0.39, 0.29) is 5.82 Å². The SMILES string of the molecule is COc1ccc(NC(=O)c2n[nH]c(=O)[nH]2)cc1OC. The highest BCUT2D eigenvalue weighted by Gasteiger charge is 2.12. The van der Waals surface area contributed by atoms with E-state index in [1.54, 1.807) is 18.2 Å². The fourth-order valence-corrected chi connectivity index (χ4v) is 1.48. The lowest BCUT2D eigenvalue weighted by molar-refractivity contribution is 0.101. The van der Waals surface area contributed by atoms with Crippen molar-refractivity contribution in [2.24, 2.45) is 0 Å². The highest BCUT2D eigenvalue weighted by atomic mass is 16.5. The van der Waals surface area contributed by atoms with Crippen molar-refractivity contribution in [1.82, 2.24) is 15.2 Å². The van der Waals surface area contributed by atoms with Crippen LogP contribution in [0.15, 0.2) is 23.0 Å². The minimum atomic E-state index is -0.544. The van der Waals surface area contributed by atoms with Crippen LogP contribution < -0.4 is 20.5 Å². The zero-order valence-corrected chi connectivity index (χ0v) is 10.3. The third-order valence-electron chi connectivity index (χ3n) is 2.36. The van der Waals surface area contributed by atoms with Crippen molar-refractivity contribution >= 4 is 11.6 Å². The minimum Gasteiger partial charge on any atom is -0.493 e. The Morgan fingerprint density at radius 3 is 2.58 bits per heavy atom. The molecule has 19 heavy (non-hydrogen) atoms. The normalized spacial score (nSPS) is 10.0. The van der Waals surface area contributed by atoms with Gasteiger partial charge in [-0.15, -0.1) is 5.10 Å². The summed E-state index contributed by atoms with van der Waals surface area (Å²) in [7, 11) is 3.01. The second kappa shape index (κ2) is 5.25. The van der Waals surface area contributed by atoms with Crippen LogP contribution in [0.5, 0.6) is 11.5 Å². The van der Waals surface area contributed by atoms with Crippen molar-refractivity contribution in [3.8, 4) is 11.5 Å². The molecule has 0 fully saturated rings. The Morgan fingerprint density at radius 2 is 2.00 bits per heavy atom. The quantitative estimate of drug-likeness (QED) is 0.739. The molecule has 0 saturated heterocycles. The second-order valence-electron chi connectivity index (χ2n) is 3.55. The zero-order valence-electron chi connectivity index (χ0n) is 10.3. The first-order chi connectivity index (χ1) is 9.13. The van der Waals surface area contributed by atoms with Crippen LogP contribution in [-0.2, 0) is 0 Å². The summed E-state index contributed by atoms with van der Waals surface area (Å²) in [6.07, 6.45) is 0. The lowest BCUT2D eigenvalue weighted by atomic mass is 10.2. The van der Waals surface area contributed by atoms with E-state index in [2.05, 4.69) is 20.5 Å². The topological polar surface area (TPSA) is 109 Å². The smallest absolute Gasteiger partial charge is 0.341 e. The molecule has 2 rings (SSSR count). The number of aromatic amines is 2. The van der Waals surface area contributed by atoms with Crippen molar-refractivity contribution in [2.75, 3.05) is 19.5 Å². The number of amides is 1. The summed E-state index contributed by atoms with van der Waals surface area (Å²) in [6.45, 7) is 0. The Labute approximate surface area is 107 Å². The predicted octanol–water partition coefficient (Wildman–Crippen LogP) is 0.367. The van der Waals surface area contributed by atoms with E-state index in [1.807, 2.05) is 0 Å². The van der Waals surface area contributed by atoms with Crippen molar-refractivity contribution in [2.45, 2.75) is 0 Å². The maximum atomic E-state index is 11.7. The molecule has 0 aliphatic rings. The Kier molecular flexibility index (Phi) is 3.51. The largest absolute Gasteiger partial charge is 0.493 e. The number of carbonyl (C=O) groups is 1. The van der Waals surface area contributed by atoms with Crippen LogP contribution in [0.4, 0.5) is 5.69 Å². The first-order valence-electron chi connectivity index (χ1n) is 5.32. The molecule has 0 atom stereocenters. The van der Waals surface area contributed by atoms with Gasteiger partial charge >= 0.3 is 5.69 Å². The molecule has 0 unspecified atom stereocenters. The summed E-state index contributed by atoms with van der Waals surface area (Å²) < 4.78 is 10.2. The molecule has 8 nitrogen and oxygen atoms in total. The second-order valence-corrected chi connectivity index (χ2v) is 3.55. The third kappa shape index (κ3) is 2.73. The highest BCUT2D eigenvalue weighted by molar-refractivity contribution is 6.01. The molecule has 1 heterocycles. The number of nitrogens with zero attached hydrogens (tertiary/aromatic N) is 1. The van der Waals surface area contributed by atoms with Crippen molar-refractivity contribution in [1.29, 1.82) is 0 Å². The standard InChI is InChI=1S/C11H12N4O4/c1-18-7-4-3-6(5-8(7)19-2)12-10(16)9-13-11(17)15-14-9/h3-5H,1-2H3,(H,12,16)(H2,13,14,15,17). The molecule has 0 saturated carbocycles. The number of benzene rings is 1. The third-order valence-corrected chi connectivity index (χ3v) is 2.36. The van der Waals surface area contributed by atoms with E-state index >= 15 is 0 Å². The molecular weight excluding hydrogens is 252 g/mol. The van der Waals surface area contributed by atoms with Crippen molar-refractivity contribution < 1.29 is 14.3 Å². The van der Waals surface area contributed by atoms with Crippen LogP contribution in [-0.4, -0.2) is 35.3 Å². The van der Waals surface area contributed by atoms with Crippen LogP contribution in [0.25, 0.3) is 0 Å². The first kappa shape index (κ1) is 12.7. The zero-order chi connectivity index (χ0) is 13.8. The lowest BCUT2D eigenvalue weighted by Crippen LogP contribution is -2.14. The van der Waals surface area contributed by atoms with Gasteiger partial charge in [0.1, 0.15) is 0 Å². The fraction of sp³-hybridized carbons (Fsp3) is 0.182. The Balaban J connectivity index is 2.19. The molecule has 0 bridgehead atoms. The maximum Gasteiger partial charge on any atom is 0.341 e. The van der Waals surface area contributed by atoms with Crippen LogP contribution in [0, 0.1) is 0 Å². The molecule has 1 aromatic carbocycles. The van der Waals surface area contributed by atoms with Gasteiger partial charge in [-0.05, 0) is 12.1 Å². The lowest BCUT2D eigenvalue weighted by Gasteiger charge is -2.09. The number of anilines is 1. The van der Waals surface area contributed by atoms with Crippen LogP contribution in [0.1, 0.15) is 10.6 Å². The van der Waals surface area contributed by atoms with E-state index in [1.165, 1.54) is 14.2 Å². The van der Waals surface area contributed by atoms with Gasteiger partial charge in [-0.3, -0.25) is 9.78 Å². The van der Waals surface area contributed by atoms with Gasteiger partial charge in [0.15, 0.2) is 11.5 Å². The maximum absolute atomic E-state index is 11.7. The summed E-state index contributed by atoms with van der Waals surface area (Å²) >= 11 is 0.